The van der Waals surface area contributed by atoms with Gasteiger partial charge in [0.15, 0.2) is 5.13 Å². The van der Waals surface area contributed by atoms with Gasteiger partial charge in [0.25, 0.3) is 0 Å². The molecule has 0 aromatic carbocycles. The van der Waals surface area contributed by atoms with Crippen LogP contribution in [0.15, 0.2) is 5.38 Å². The molecule has 1 aliphatic heterocycles. The van der Waals surface area contributed by atoms with E-state index in [1.807, 2.05) is 0 Å². The zero-order valence-electron chi connectivity index (χ0n) is 9.28. The Bertz CT molecular complexity index is 311. The summed E-state index contributed by atoms with van der Waals surface area (Å²) < 4.78 is 0. The van der Waals surface area contributed by atoms with E-state index in [0.29, 0.717) is 0 Å². The van der Waals surface area contributed by atoms with Crippen LogP contribution in [0, 0.1) is 5.92 Å². The Hall–Kier alpha value is -0.610. The Morgan fingerprint density at radius 1 is 1.67 bits per heavy atom. The van der Waals surface area contributed by atoms with E-state index in [1.165, 1.54) is 17.2 Å². The van der Waals surface area contributed by atoms with Crippen LogP contribution < -0.4 is 10.6 Å². The molecule has 0 spiro atoms. The summed E-state index contributed by atoms with van der Waals surface area (Å²) >= 11 is 1.78. The molecule has 3 nitrogen and oxygen atoms in total. The average molecular weight is 225 g/mol. The maximum absolute atomic E-state index is 5.59. The molecule has 1 saturated heterocycles. The minimum atomic E-state index is 0.781. The molecular formula is C11H19N3S. The van der Waals surface area contributed by atoms with Crippen LogP contribution >= 0.6 is 11.3 Å². The molecule has 1 aliphatic rings. The number of rotatable bonds is 4. The van der Waals surface area contributed by atoms with Crippen molar-refractivity contribution in [3.8, 4) is 0 Å². The van der Waals surface area contributed by atoms with Crippen LogP contribution in [0.3, 0.4) is 0 Å². The highest BCUT2D eigenvalue weighted by Gasteiger charge is 2.23. The van der Waals surface area contributed by atoms with E-state index in [1.54, 1.807) is 11.3 Å². The molecule has 15 heavy (non-hydrogen) atoms. The second-order valence-corrected chi connectivity index (χ2v) is 4.99. The van der Waals surface area contributed by atoms with Crippen molar-refractivity contribution in [2.45, 2.75) is 26.2 Å². The Morgan fingerprint density at radius 3 is 3.20 bits per heavy atom. The third-order valence-electron chi connectivity index (χ3n) is 3.03. The van der Waals surface area contributed by atoms with Crippen molar-refractivity contribution >= 4 is 16.5 Å². The van der Waals surface area contributed by atoms with Gasteiger partial charge in [-0.3, -0.25) is 0 Å². The number of nitrogens with zero attached hydrogens (tertiary/aromatic N) is 2. The minimum Gasteiger partial charge on any atom is -0.348 e. The normalized spacial score (nSPS) is 21.2. The predicted molar refractivity (Wildman–Crippen MR) is 65.5 cm³/mol. The number of aryl methyl sites for hydroxylation is 1. The van der Waals surface area contributed by atoms with Crippen molar-refractivity contribution in [2.24, 2.45) is 11.7 Å². The highest BCUT2D eigenvalue weighted by Crippen LogP contribution is 2.28. The number of thiazole rings is 1. The van der Waals surface area contributed by atoms with Gasteiger partial charge in [-0.2, -0.15) is 0 Å². The first-order chi connectivity index (χ1) is 7.33. The van der Waals surface area contributed by atoms with E-state index in [9.17, 15) is 0 Å². The van der Waals surface area contributed by atoms with Crippen LogP contribution in [0.5, 0.6) is 0 Å². The molecule has 1 unspecified atom stereocenters. The summed E-state index contributed by atoms with van der Waals surface area (Å²) in [7, 11) is 0. The lowest BCUT2D eigenvalue weighted by molar-refractivity contribution is 0.546. The molecule has 0 saturated carbocycles. The zero-order chi connectivity index (χ0) is 10.7. The summed E-state index contributed by atoms with van der Waals surface area (Å²) in [5.41, 5.74) is 6.81. The molecule has 2 N–H and O–H groups in total. The van der Waals surface area contributed by atoms with Crippen molar-refractivity contribution < 1.29 is 0 Å². The Kier molecular flexibility index (Phi) is 3.59. The van der Waals surface area contributed by atoms with Crippen molar-refractivity contribution in [3.05, 3.63) is 11.1 Å². The maximum atomic E-state index is 5.59. The molecule has 0 bridgehead atoms. The number of hydrogen-bond donors (Lipinski definition) is 1. The molecule has 84 valence electrons. The first-order valence-electron chi connectivity index (χ1n) is 5.73. The van der Waals surface area contributed by atoms with Gasteiger partial charge in [-0.25, -0.2) is 4.98 Å². The van der Waals surface area contributed by atoms with Gasteiger partial charge < -0.3 is 10.6 Å². The van der Waals surface area contributed by atoms with Gasteiger partial charge in [-0.05, 0) is 31.7 Å². The molecule has 1 aromatic rings. The van der Waals surface area contributed by atoms with Gasteiger partial charge in [0.2, 0.25) is 0 Å². The second-order valence-electron chi connectivity index (χ2n) is 4.15. The average Bonchev–Trinajstić information content (AvgIpc) is 2.85. The highest BCUT2D eigenvalue weighted by molar-refractivity contribution is 7.13. The number of aromatic nitrogens is 1. The van der Waals surface area contributed by atoms with E-state index in [2.05, 4.69) is 22.2 Å². The lowest BCUT2D eigenvalue weighted by atomic mass is 10.1. The fourth-order valence-electron chi connectivity index (χ4n) is 2.08. The first kappa shape index (κ1) is 10.9. The Morgan fingerprint density at radius 2 is 2.53 bits per heavy atom. The summed E-state index contributed by atoms with van der Waals surface area (Å²) in [6.45, 7) is 5.27. The molecule has 0 aliphatic carbocycles. The van der Waals surface area contributed by atoms with Crippen LogP contribution in [-0.2, 0) is 6.42 Å². The van der Waals surface area contributed by atoms with Crippen molar-refractivity contribution in [3.63, 3.8) is 0 Å². The van der Waals surface area contributed by atoms with Gasteiger partial charge >= 0.3 is 0 Å². The number of hydrogen-bond acceptors (Lipinski definition) is 4. The topological polar surface area (TPSA) is 42.1 Å². The van der Waals surface area contributed by atoms with Crippen LogP contribution in [0.4, 0.5) is 5.13 Å². The van der Waals surface area contributed by atoms with Crippen LogP contribution in [-0.4, -0.2) is 24.6 Å². The lowest BCUT2D eigenvalue weighted by Gasteiger charge is -2.14. The van der Waals surface area contributed by atoms with E-state index in [0.717, 1.165) is 38.4 Å². The lowest BCUT2D eigenvalue weighted by Crippen LogP contribution is -2.20. The quantitative estimate of drug-likeness (QED) is 0.850. The molecule has 1 atom stereocenters. The fraction of sp³-hybridized carbons (Fsp3) is 0.727. The summed E-state index contributed by atoms with van der Waals surface area (Å²) in [5, 5.41) is 3.37. The molecule has 0 amide bonds. The van der Waals surface area contributed by atoms with E-state index in [-0.39, 0.29) is 0 Å². The second kappa shape index (κ2) is 4.94. The smallest absolute Gasteiger partial charge is 0.185 e. The van der Waals surface area contributed by atoms with E-state index >= 15 is 0 Å². The summed E-state index contributed by atoms with van der Waals surface area (Å²) in [6.07, 6.45) is 3.47. The summed E-state index contributed by atoms with van der Waals surface area (Å²) in [4.78, 5) is 7.03. The molecule has 2 rings (SSSR count). The van der Waals surface area contributed by atoms with Gasteiger partial charge in [0, 0.05) is 18.5 Å². The van der Waals surface area contributed by atoms with Crippen molar-refractivity contribution in [1.82, 2.24) is 4.98 Å². The third kappa shape index (κ3) is 2.49. The minimum absolute atomic E-state index is 0.781. The van der Waals surface area contributed by atoms with Crippen molar-refractivity contribution in [2.75, 3.05) is 24.5 Å². The predicted octanol–water partition coefficient (Wildman–Crippen LogP) is 1.88. The highest BCUT2D eigenvalue weighted by atomic mass is 32.1. The molecule has 1 aromatic heterocycles. The van der Waals surface area contributed by atoms with Gasteiger partial charge in [0.05, 0.1) is 5.69 Å². The van der Waals surface area contributed by atoms with Gasteiger partial charge in [0.1, 0.15) is 0 Å². The van der Waals surface area contributed by atoms with E-state index in [4.69, 9.17) is 5.73 Å². The van der Waals surface area contributed by atoms with Crippen LogP contribution in [0.25, 0.3) is 0 Å². The fourth-order valence-corrected chi connectivity index (χ4v) is 3.03. The monoisotopic (exact) mass is 225 g/mol. The summed E-state index contributed by atoms with van der Waals surface area (Å²) in [6, 6.07) is 0. The van der Waals surface area contributed by atoms with Crippen molar-refractivity contribution in [1.29, 1.82) is 0 Å². The van der Waals surface area contributed by atoms with Crippen LogP contribution in [0.1, 0.15) is 25.5 Å². The largest absolute Gasteiger partial charge is 0.348 e. The molecule has 4 heteroatoms. The first-order valence-corrected chi connectivity index (χ1v) is 6.61. The third-order valence-corrected chi connectivity index (χ3v) is 3.98. The number of nitrogens with two attached hydrogens (primary N) is 1. The molecular weight excluding hydrogens is 206 g/mol. The standard InChI is InChI=1S/C11H19N3S/c1-2-10-8-15-11(13-10)14-6-4-9(7-14)3-5-12/h8-9H,2-7,12H2,1H3. The SMILES string of the molecule is CCc1csc(N2CCC(CCN)C2)n1. The maximum Gasteiger partial charge on any atom is 0.185 e. The van der Waals surface area contributed by atoms with Gasteiger partial charge in [-0.15, -0.1) is 11.3 Å². The van der Waals surface area contributed by atoms with E-state index < -0.39 is 0 Å². The summed E-state index contributed by atoms with van der Waals surface area (Å²) in [5.74, 6) is 0.781. The van der Waals surface area contributed by atoms with Gasteiger partial charge in [-0.1, -0.05) is 6.92 Å². The Labute approximate surface area is 95.3 Å². The molecule has 0 radical (unpaired) electrons. The molecule has 2 heterocycles. The number of anilines is 1. The zero-order valence-corrected chi connectivity index (χ0v) is 10.1. The van der Waals surface area contributed by atoms with Crippen LogP contribution in [0.2, 0.25) is 0 Å². The Balaban J connectivity index is 1.95. The molecule has 1 fully saturated rings.